The molecule has 0 spiro atoms. The third-order valence-corrected chi connectivity index (χ3v) is 7.56. The highest BCUT2D eigenvalue weighted by atomic mass is 16.7. The maximum atomic E-state index is 11.9. The number of aliphatic hydroxyl groups is 7. The van der Waals surface area contributed by atoms with E-state index in [1.807, 2.05) is 0 Å². The SMILES string of the molecule is CC(C)(O[C@@H]1O[C@H](CO[C@@H]2OC[C@](O)(CO)[C@H]2O)[C@@H](O)[C@H](O)[C@H]1O)C(O)COc1c2occc2cc2ccc(=O)oc12. The maximum Gasteiger partial charge on any atom is 0.336 e. The maximum absolute atomic E-state index is 11.9. The average Bonchev–Trinajstić information content (AvgIpc) is 3.54. The van der Waals surface area contributed by atoms with Crippen LogP contribution in [0.5, 0.6) is 5.75 Å². The molecule has 0 saturated carbocycles. The zero-order chi connectivity index (χ0) is 30.4. The summed E-state index contributed by atoms with van der Waals surface area (Å²) in [7, 11) is 0. The first kappa shape index (κ1) is 30.8. The molecule has 1 unspecified atom stereocenters. The van der Waals surface area contributed by atoms with Gasteiger partial charge in [0, 0.05) is 16.8 Å². The molecule has 2 saturated heterocycles. The fourth-order valence-electron chi connectivity index (χ4n) is 4.75. The van der Waals surface area contributed by atoms with Crippen molar-refractivity contribution in [2.75, 3.05) is 26.4 Å². The largest absolute Gasteiger partial charge is 0.483 e. The lowest BCUT2D eigenvalue weighted by atomic mass is 9.97. The van der Waals surface area contributed by atoms with E-state index in [1.54, 1.807) is 18.2 Å². The minimum atomic E-state index is -1.93. The first-order chi connectivity index (χ1) is 19.8. The van der Waals surface area contributed by atoms with Crippen LogP contribution in [0.15, 0.2) is 44.2 Å². The van der Waals surface area contributed by atoms with Gasteiger partial charge in [-0.15, -0.1) is 0 Å². The fourth-order valence-corrected chi connectivity index (χ4v) is 4.75. The lowest BCUT2D eigenvalue weighted by Gasteiger charge is -2.44. The molecule has 9 atom stereocenters. The number of furan rings is 1. The molecule has 2 aliphatic rings. The number of aliphatic hydroxyl groups excluding tert-OH is 6. The van der Waals surface area contributed by atoms with Crippen LogP contribution in [0.4, 0.5) is 0 Å². The van der Waals surface area contributed by atoms with Gasteiger partial charge in [0.1, 0.15) is 48.8 Å². The number of hydrogen-bond acceptors (Lipinski definition) is 15. The first-order valence-corrected chi connectivity index (χ1v) is 13.2. The van der Waals surface area contributed by atoms with Gasteiger partial charge in [0.05, 0.1) is 31.7 Å². The van der Waals surface area contributed by atoms with Crippen LogP contribution >= 0.6 is 0 Å². The molecule has 15 nitrogen and oxygen atoms in total. The molecule has 232 valence electrons. The quantitative estimate of drug-likeness (QED) is 0.129. The number of rotatable bonds is 10. The molecule has 2 fully saturated rings. The smallest absolute Gasteiger partial charge is 0.336 e. The third-order valence-electron chi connectivity index (χ3n) is 7.56. The molecule has 4 heterocycles. The number of ether oxygens (including phenoxy) is 5. The van der Waals surface area contributed by atoms with E-state index >= 15 is 0 Å². The highest BCUT2D eigenvalue weighted by molar-refractivity contribution is 5.99. The first-order valence-electron chi connectivity index (χ1n) is 13.2. The van der Waals surface area contributed by atoms with Crippen LogP contribution in [-0.4, -0.2) is 123 Å². The van der Waals surface area contributed by atoms with E-state index in [0.717, 1.165) is 0 Å². The number of hydrogen-bond donors (Lipinski definition) is 7. The van der Waals surface area contributed by atoms with Crippen molar-refractivity contribution in [2.24, 2.45) is 0 Å². The lowest BCUT2D eigenvalue weighted by molar-refractivity contribution is -0.337. The molecule has 0 aliphatic carbocycles. The summed E-state index contributed by atoms with van der Waals surface area (Å²) in [6.07, 6.45) is -10.9. The van der Waals surface area contributed by atoms with Crippen molar-refractivity contribution in [2.45, 2.75) is 74.3 Å². The van der Waals surface area contributed by atoms with Crippen LogP contribution in [0.3, 0.4) is 0 Å². The van der Waals surface area contributed by atoms with Gasteiger partial charge in [-0.2, -0.15) is 0 Å². The van der Waals surface area contributed by atoms with Crippen LogP contribution in [0, 0.1) is 0 Å². The van der Waals surface area contributed by atoms with E-state index < -0.39 is 85.9 Å². The summed E-state index contributed by atoms with van der Waals surface area (Å²) in [5.41, 5.74) is -3.60. The van der Waals surface area contributed by atoms with Crippen LogP contribution < -0.4 is 10.4 Å². The summed E-state index contributed by atoms with van der Waals surface area (Å²) in [6.45, 7) is 0.923. The van der Waals surface area contributed by atoms with Gasteiger partial charge in [-0.3, -0.25) is 0 Å². The van der Waals surface area contributed by atoms with Gasteiger partial charge in [0.25, 0.3) is 0 Å². The number of benzene rings is 1. The Morgan fingerprint density at radius 2 is 1.79 bits per heavy atom. The van der Waals surface area contributed by atoms with E-state index in [1.165, 1.54) is 26.2 Å². The molecule has 2 aliphatic heterocycles. The third kappa shape index (κ3) is 5.78. The Morgan fingerprint density at radius 3 is 2.50 bits per heavy atom. The van der Waals surface area contributed by atoms with Crippen molar-refractivity contribution < 1.29 is 68.3 Å². The van der Waals surface area contributed by atoms with E-state index in [0.29, 0.717) is 16.4 Å². The minimum Gasteiger partial charge on any atom is -0.483 e. The van der Waals surface area contributed by atoms with Gasteiger partial charge in [-0.25, -0.2) is 4.79 Å². The number of fused-ring (bicyclic) bond motifs is 2. The Hall–Kier alpha value is -2.67. The molecule has 15 heteroatoms. The normalized spacial score (nSPS) is 32.9. The van der Waals surface area contributed by atoms with Crippen LogP contribution in [0.1, 0.15) is 13.8 Å². The second-order valence-corrected chi connectivity index (χ2v) is 11.0. The van der Waals surface area contributed by atoms with E-state index in [4.69, 9.17) is 32.5 Å². The van der Waals surface area contributed by atoms with Crippen molar-refractivity contribution in [3.05, 3.63) is 40.9 Å². The van der Waals surface area contributed by atoms with Gasteiger partial charge in [-0.05, 0) is 32.0 Å². The van der Waals surface area contributed by atoms with Gasteiger partial charge >= 0.3 is 5.63 Å². The molecule has 0 radical (unpaired) electrons. The molecule has 42 heavy (non-hydrogen) atoms. The summed E-state index contributed by atoms with van der Waals surface area (Å²) in [5, 5.41) is 73.2. The Morgan fingerprint density at radius 1 is 1.05 bits per heavy atom. The predicted octanol–water partition coefficient (Wildman–Crippen LogP) is -1.66. The highest BCUT2D eigenvalue weighted by Gasteiger charge is 2.51. The monoisotopic (exact) mass is 598 g/mol. The average molecular weight is 599 g/mol. The minimum absolute atomic E-state index is 0.0918. The van der Waals surface area contributed by atoms with E-state index in [2.05, 4.69) is 0 Å². The molecular formula is C27H34O15. The molecule has 3 aromatic rings. The molecule has 0 bridgehead atoms. The van der Waals surface area contributed by atoms with Crippen molar-refractivity contribution in [3.63, 3.8) is 0 Å². The Bertz CT molecular complexity index is 1430. The molecule has 5 rings (SSSR count). The second-order valence-electron chi connectivity index (χ2n) is 11.0. The van der Waals surface area contributed by atoms with Gasteiger partial charge < -0.3 is 68.3 Å². The fraction of sp³-hybridized carbons (Fsp3) is 0.593. The van der Waals surface area contributed by atoms with Crippen molar-refractivity contribution in [1.29, 1.82) is 0 Å². The van der Waals surface area contributed by atoms with Crippen molar-refractivity contribution >= 4 is 21.9 Å². The van der Waals surface area contributed by atoms with Crippen LogP contribution in [0.25, 0.3) is 21.9 Å². The predicted molar refractivity (Wildman–Crippen MR) is 139 cm³/mol. The summed E-state index contributed by atoms with van der Waals surface area (Å²) in [4.78, 5) is 11.9. The Labute approximate surface area is 238 Å². The van der Waals surface area contributed by atoms with E-state index in [9.17, 15) is 40.5 Å². The topological polar surface area (TPSA) is 231 Å². The van der Waals surface area contributed by atoms with Crippen LogP contribution in [-0.2, 0) is 18.9 Å². The van der Waals surface area contributed by atoms with Gasteiger partial charge in [0.2, 0.25) is 5.75 Å². The molecular weight excluding hydrogens is 564 g/mol. The summed E-state index contributed by atoms with van der Waals surface area (Å²) < 4.78 is 38.7. The molecule has 7 N–H and O–H groups in total. The summed E-state index contributed by atoms with van der Waals surface area (Å²) >= 11 is 0. The van der Waals surface area contributed by atoms with Crippen LogP contribution in [0.2, 0.25) is 0 Å². The van der Waals surface area contributed by atoms with Crippen molar-refractivity contribution in [3.8, 4) is 5.75 Å². The Kier molecular flexibility index (Phi) is 8.63. The zero-order valence-corrected chi connectivity index (χ0v) is 22.7. The van der Waals surface area contributed by atoms with E-state index in [-0.39, 0.29) is 17.9 Å². The lowest BCUT2D eigenvalue weighted by Crippen LogP contribution is -2.62. The standard InChI is InChI=1S/C27H34O15/c1-26(2,15(29)9-37-22-20-13(5-6-36-20)7-12-3-4-16(30)41-21(12)22)42-24-19(33)18(32)17(31)14(40-24)8-38-25-23(34)27(35,10-28)11-39-25/h3-7,14-15,17-19,23-25,28-29,31-35H,8-11H2,1-2H3/t14-,15?,17-,18+,19-,23+,24+,25-,27-/m1/s1. The van der Waals surface area contributed by atoms with Gasteiger partial charge in [0.15, 0.2) is 23.7 Å². The van der Waals surface area contributed by atoms with Crippen molar-refractivity contribution in [1.82, 2.24) is 0 Å². The second kappa shape index (κ2) is 11.8. The summed E-state index contributed by atoms with van der Waals surface area (Å²) in [5.74, 6) is 0.0918. The Balaban J connectivity index is 1.25. The molecule has 2 aromatic heterocycles. The highest BCUT2D eigenvalue weighted by Crippen LogP contribution is 2.36. The van der Waals surface area contributed by atoms with Gasteiger partial charge in [-0.1, -0.05) is 0 Å². The summed E-state index contributed by atoms with van der Waals surface area (Å²) in [6, 6.07) is 6.28. The molecule has 0 amide bonds. The molecule has 1 aromatic carbocycles. The zero-order valence-electron chi connectivity index (χ0n) is 22.7.